The Labute approximate surface area is 125 Å². The van der Waals surface area contributed by atoms with E-state index in [0.717, 1.165) is 18.4 Å². The van der Waals surface area contributed by atoms with Crippen LogP contribution in [-0.4, -0.2) is 35.1 Å². The summed E-state index contributed by atoms with van der Waals surface area (Å²) >= 11 is 0. The number of rotatable bonds is 5. The summed E-state index contributed by atoms with van der Waals surface area (Å²) in [7, 11) is 0. The number of aliphatic hydroxyl groups excluding tert-OH is 1. The maximum absolute atomic E-state index is 12.5. The molecule has 108 valence electrons. The van der Waals surface area contributed by atoms with Gasteiger partial charge in [0.2, 0.25) is 0 Å². The standard InChI is InChI=1S/C17H18N2O2/c18-11-3-12-19(16-9-10-16)17(21)15-7-5-14(6-8-15)4-1-2-13-20/h5-8,16,20H,2-3,9-10,12-13H2. The molecule has 1 fully saturated rings. The van der Waals surface area contributed by atoms with Crippen molar-refractivity contribution in [3.63, 3.8) is 0 Å². The lowest BCUT2D eigenvalue weighted by atomic mass is 10.1. The Morgan fingerprint density at radius 2 is 2.00 bits per heavy atom. The summed E-state index contributed by atoms with van der Waals surface area (Å²) < 4.78 is 0. The fourth-order valence-electron chi connectivity index (χ4n) is 2.09. The van der Waals surface area contributed by atoms with E-state index in [1.807, 2.05) is 12.1 Å². The quantitative estimate of drug-likeness (QED) is 0.839. The van der Waals surface area contributed by atoms with Gasteiger partial charge < -0.3 is 10.0 Å². The number of carbonyl (C=O) groups is 1. The molecule has 0 aromatic heterocycles. The first-order chi connectivity index (χ1) is 10.3. The molecule has 4 heteroatoms. The van der Waals surface area contributed by atoms with E-state index < -0.39 is 0 Å². The molecule has 1 aliphatic carbocycles. The predicted octanol–water partition coefficient (Wildman–Crippen LogP) is 1.94. The summed E-state index contributed by atoms with van der Waals surface area (Å²) in [4.78, 5) is 14.3. The first-order valence-electron chi connectivity index (χ1n) is 7.14. The van der Waals surface area contributed by atoms with Crippen LogP contribution in [0.2, 0.25) is 0 Å². The van der Waals surface area contributed by atoms with Gasteiger partial charge in [0, 0.05) is 30.1 Å². The number of nitriles is 1. The minimum Gasteiger partial charge on any atom is -0.395 e. The van der Waals surface area contributed by atoms with E-state index in [9.17, 15) is 4.79 Å². The number of hydrogen-bond donors (Lipinski definition) is 1. The van der Waals surface area contributed by atoms with Crippen molar-refractivity contribution < 1.29 is 9.90 Å². The smallest absolute Gasteiger partial charge is 0.254 e. The first kappa shape index (κ1) is 15.1. The van der Waals surface area contributed by atoms with E-state index in [4.69, 9.17) is 10.4 Å². The van der Waals surface area contributed by atoms with Crippen LogP contribution in [0.25, 0.3) is 0 Å². The monoisotopic (exact) mass is 282 g/mol. The number of nitrogens with zero attached hydrogens (tertiary/aromatic N) is 2. The third-order valence-corrected chi connectivity index (χ3v) is 3.31. The summed E-state index contributed by atoms with van der Waals surface area (Å²) in [6.45, 7) is 0.552. The molecule has 0 radical (unpaired) electrons. The molecule has 1 aliphatic rings. The van der Waals surface area contributed by atoms with Gasteiger partial charge in [-0.25, -0.2) is 0 Å². The molecule has 0 heterocycles. The predicted molar refractivity (Wildman–Crippen MR) is 79.3 cm³/mol. The zero-order chi connectivity index (χ0) is 15.1. The summed E-state index contributed by atoms with van der Waals surface area (Å²) in [5, 5.41) is 17.4. The highest BCUT2D eigenvalue weighted by atomic mass is 16.2. The summed E-state index contributed by atoms with van der Waals surface area (Å²) in [6, 6.07) is 9.56. The highest BCUT2D eigenvalue weighted by molar-refractivity contribution is 5.94. The summed E-state index contributed by atoms with van der Waals surface area (Å²) in [6.07, 6.45) is 2.88. The van der Waals surface area contributed by atoms with Crippen LogP contribution in [0, 0.1) is 23.2 Å². The zero-order valence-corrected chi connectivity index (χ0v) is 11.9. The van der Waals surface area contributed by atoms with Crippen molar-refractivity contribution in [2.45, 2.75) is 31.7 Å². The van der Waals surface area contributed by atoms with Crippen LogP contribution in [0.4, 0.5) is 0 Å². The SMILES string of the molecule is N#CCCN(C(=O)c1ccc(C#CCCO)cc1)C1CC1. The molecule has 1 amide bonds. The van der Waals surface area contributed by atoms with Crippen molar-refractivity contribution >= 4 is 5.91 Å². The molecule has 2 rings (SSSR count). The minimum atomic E-state index is -0.0115. The van der Waals surface area contributed by atoms with Crippen LogP contribution in [0.1, 0.15) is 41.6 Å². The molecule has 1 saturated carbocycles. The van der Waals surface area contributed by atoms with Gasteiger partial charge in [0.05, 0.1) is 19.1 Å². The highest BCUT2D eigenvalue weighted by Crippen LogP contribution is 2.28. The second kappa shape index (κ2) is 7.47. The average Bonchev–Trinajstić information content (AvgIpc) is 3.33. The Balaban J connectivity index is 2.05. The zero-order valence-electron chi connectivity index (χ0n) is 11.9. The molecule has 0 spiro atoms. The molecular formula is C17H18N2O2. The second-order valence-corrected chi connectivity index (χ2v) is 4.99. The van der Waals surface area contributed by atoms with Gasteiger partial charge in [-0.2, -0.15) is 5.26 Å². The van der Waals surface area contributed by atoms with Gasteiger partial charge in [-0.15, -0.1) is 0 Å². The lowest BCUT2D eigenvalue weighted by molar-refractivity contribution is 0.0747. The minimum absolute atomic E-state index is 0.0115. The van der Waals surface area contributed by atoms with Gasteiger partial charge in [0.1, 0.15) is 0 Å². The molecule has 0 bridgehead atoms. The maximum atomic E-state index is 12.5. The van der Waals surface area contributed by atoms with Crippen LogP contribution < -0.4 is 0 Å². The number of amides is 1. The Kier molecular flexibility index (Phi) is 5.37. The van der Waals surface area contributed by atoms with Gasteiger partial charge in [0.25, 0.3) is 5.91 Å². The number of hydrogen-bond acceptors (Lipinski definition) is 3. The fraction of sp³-hybridized carbons (Fsp3) is 0.412. The maximum Gasteiger partial charge on any atom is 0.254 e. The van der Waals surface area contributed by atoms with Gasteiger partial charge in [-0.05, 0) is 37.1 Å². The lowest BCUT2D eigenvalue weighted by Gasteiger charge is -2.21. The molecule has 0 saturated heterocycles. The largest absolute Gasteiger partial charge is 0.395 e. The van der Waals surface area contributed by atoms with Gasteiger partial charge in [0.15, 0.2) is 0 Å². The molecule has 1 aromatic rings. The van der Waals surface area contributed by atoms with Crippen molar-refractivity contribution in [3.8, 4) is 17.9 Å². The molecule has 21 heavy (non-hydrogen) atoms. The van der Waals surface area contributed by atoms with Crippen molar-refractivity contribution in [2.24, 2.45) is 0 Å². The fourth-order valence-corrected chi connectivity index (χ4v) is 2.09. The van der Waals surface area contributed by atoms with Gasteiger partial charge >= 0.3 is 0 Å². The van der Waals surface area contributed by atoms with E-state index in [0.29, 0.717) is 31.0 Å². The van der Waals surface area contributed by atoms with Gasteiger partial charge in [-0.3, -0.25) is 4.79 Å². The molecular weight excluding hydrogens is 264 g/mol. The Bertz CT molecular complexity index is 586. The molecule has 0 atom stereocenters. The van der Waals surface area contributed by atoms with Crippen molar-refractivity contribution in [2.75, 3.05) is 13.2 Å². The van der Waals surface area contributed by atoms with Crippen LogP contribution >= 0.6 is 0 Å². The second-order valence-electron chi connectivity index (χ2n) is 4.99. The average molecular weight is 282 g/mol. The van der Waals surface area contributed by atoms with Crippen LogP contribution in [0.15, 0.2) is 24.3 Å². The van der Waals surface area contributed by atoms with Crippen molar-refractivity contribution in [1.82, 2.24) is 4.90 Å². The third-order valence-electron chi connectivity index (χ3n) is 3.31. The normalized spacial score (nSPS) is 13.0. The highest BCUT2D eigenvalue weighted by Gasteiger charge is 2.32. The number of aliphatic hydroxyl groups is 1. The molecule has 1 N–H and O–H groups in total. The van der Waals surface area contributed by atoms with E-state index in [-0.39, 0.29) is 12.5 Å². The Morgan fingerprint density at radius 3 is 2.57 bits per heavy atom. The Hall–Kier alpha value is -2.30. The van der Waals surface area contributed by atoms with Gasteiger partial charge in [-0.1, -0.05) is 11.8 Å². The molecule has 1 aromatic carbocycles. The van der Waals surface area contributed by atoms with E-state index in [1.54, 1.807) is 17.0 Å². The van der Waals surface area contributed by atoms with E-state index in [1.165, 1.54) is 0 Å². The number of carbonyl (C=O) groups excluding carboxylic acids is 1. The topological polar surface area (TPSA) is 64.3 Å². The van der Waals surface area contributed by atoms with Crippen LogP contribution in [0.3, 0.4) is 0 Å². The third kappa shape index (κ3) is 4.34. The van der Waals surface area contributed by atoms with Crippen molar-refractivity contribution in [3.05, 3.63) is 35.4 Å². The number of benzene rings is 1. The van der Waals surface area contributed by atoms with Crippen molar-refractivity contribution in [1.29, 1.82) is 5.26 Å². The van der Waals surface area contributed by atoms with E-state index >= 15 is 0 Å². The molecule has 4 nitrogen and oxygen atoms in total. The summed E-state index contributed by atoms with van der Waals surface area (Å²) in [5.41, 5.74) is 1.46. The molecule has 0 unspecified atom stereocenters. The molecule has 0 aliphatic heterocycles. The Morgan fingerprint density at radius 1 is 1.29 bits per heavy atom. The van der Waals surface area contributed by atoms with Crippen LogP contribution in [0.5, 0.6) is 0 Å². The lowest BCUT2D eigenvalue weighted by Crippen LogP contribution is -2.33. The van der Waals surface area contributed by atoms with Crippen LogP contribution in [-0.2, 0) is 0 Å². The first-order valence-corrected chi connectivity index (χ1v) is 7.14. The van der Waals surface area contributed by atoms with E-state index in [2.05, 4.69) is 17.9 Å². The summed E-state index contributed by atoms with van der Waals surface area (Å²) in [5.74, 6) is 5.77.